The van der Waals surface area contributed by atoms with Crippen LogP contribution >= 0.6 is 0 Å². The van der Waals surface area contributed by atoms with Crippen LogP contribution in [-0.2, 0) is 0 Å². The van der Waals surface area contributed by atoms with Gasteiger partial charge in [-0.15, -0.1) is 0 Å². The number of pyridine rings is 1. The summed E-state index contributed by atoms with van der Waals surface area (Å²) in [7, 11) is 0. The molecule has 2 aromatic rings. The van der Waals surface area contributed by atoms with Crippen LogP contribution in [0.3, 0.4) is 0 Å². The Kier molecular flexibility index (Phi) is 6.12. The Bertz CT molecular complexity index is 830. The Morgan fingerprint density at radius 1 is 1.10 bits per heavy atom. The number of furan rings is 1. The van der Waals surface area contributed by atoms with Gasteiger partial charge in [0.2, 0.25) is 0 Å². The van der Waals surface area contributed by atoms with Gasteiger partial charge in [-0.1, -0.05) is 0 Å². The minimum atomic E-state index is -0.189. The second-order valence-corrected chi connectivity index (χ2v) is 7.87. The zero-order valence-electron chi connectivity index (χ0n) is 16.7. The number of aromatic nitrogens is 1. The van der Waals surface area contributed by atoms with Gasteiger partial charge in [0, 0.05) is 38.9 Å². The molecule has 0 spiro atoms. The lowest BCUT2D eigenvalue weighted by Crippen LogP contribution is -2.42. The molecule has 2 fully saturated rings. The predicted octanol–water partition coefficient (Wildman–Crippen LogP) is 2.95. The van der Waals surface area contributed by atoms with E-state index >= 15 is 0 Å². The van der Waals surface area contributed by atoms with Crippen LogP contribution in [0.4, 0.5) is 5.82 Å². The molecule has 1 N–H and O–H groups in total. The van der Waals surface area contributed by atoms with Crippen molar-refractivity contribution in [3.63, 3.8) is 0 Å². The topological polar surface area (TPSA) is 78.7 Å². The first-order valence-electron chi connectivity index (χ1n) is 10.5. The molecule has 0 saturated carbocycles. The van der Waals surface area contributed by atoms with Gasteiger partial charge in [-0.05, 0) is 62.3 Å². The molecule has 2 aliphatic rings. The van der Waals surface area contributed by atoms with Crippen molar-refractivity contribution in [2.75, 3.05) is 37.6 Å². The van der Waals surface area contributed by atoms with E-state index in [2.05, 4.69) is 15.2 Å². The van der Waals surface area contributed by atoms with Gasteiger partial charge in [-0.25, -0.2) is 4.98 Å². The number of likely N-dealkylation sites (tertiary alicyclic amines) is 1. The molecule has 0 bridgehead atoms. The van der Waals surface area contributed by atoms with Gasteiger partial charge in [0.25, 0.3) is 11.8 Å². The summed E-state index contributed by atoms with van der Waals surface area (Å²) in [5.74, 6) is 1.30. The molecule has 2 amide bonds. The summed E-state index contributed by atoms with van der Waals surface area (Å²) in [6.45, 7) is 3.89. The summed E-state index contributed by atoms with van der Waals surface area (Å²) in [6, 6.07) is 7.10. The van der Waals surface area contributed by atoms with Gasteiger partial charge in [0.15, 0.2) is 5.76 Å². The number of hydrogen-bond acceptors (Lipinski definition) is 5. The van der Waals surface area contributed by atoms with Crippen LogP contribution in [0, 0.1) is 5.92 Å². The molecule has 7 heteroatoms. The maximum atomic E-state index is 13.1. The molecular weight excluding hydrogens is 368 g/mol. The Morgan fingerprint density at radius 3 is 2.76 bits per heavy atom. The molecule has 7 nitrogen and oxygen atoms in total. The highest BCUT2D eigenvalue weighted by molar-refractivity contribution is 5.99. The fourth-order valence-corrected chi connectivity index (χ4v) is 4.24. The SMILES string of the molecule is O=C(NCC1CCCN(c2ncccc2C(=O)N2CCCCC2)C1)c1ccco1. The summed E-state index contributed by atoms with van der Waals surface area (Å²) in [5, 5.41) is 2.96. The third kappa shape index (κ3) is 4.60. The lowest BCUT2D eigenvalue weighted by molar-refractivity contribution is 0.0724. The number of carbonyl (C=O) groups is 2. The van der Waals surface area contributed by atoms with Gasteiger partial charge < -0.3 is 19.5 Å². The third-order valence-electron chi connectivity index (χ3n) is 5.78. The van der Waals surface area contributed by atoms with Crippen molar-refractivity contribution in [2.45, 2.75) is 32.1 Å². The molecule has 2 saturated heterocycles. The number of anilines is 1. The van der Waals surface area contributed by atoms with E-state index in [1.807, 2.05) is 17.0 Å². The lowest BCUT2D eigenvalue weighted by atomic mass is 9.97. The molecule has 0 aliphatic carbocycles. The molecule has 154 valence electrons. The van der Waals surface area contributed by atoms with E-state index in [0.717, 1.165) is 57.7 Å². The minimum absolute atomic E-state index is 0.0843. The summed E-state index contributed by atoms with van der Waals surface area (Å²) >= 11 is 0. The van der Waals surface area contributed by atoms with E-state index in [1.54, 1.807) is 18.3 Å². The molecular formula is C22H28N4O3. The number of piperidine rings is 2. The van der Waals surface area contributed by atoms with Crippen molar-refractivity contribution in [1.82, 2.24) is 15.2 Å². The maximum absolute atomic E-state index is 13.1. The van der Waals surface area contributed by atoms with E-state index in [9.17, 15) is 9.59 Å². The van der Waals surface area contributed by atoms with Crippen LogP contribution in [-0.4, -0.2) is 54.4 Å². The molecule has 2 aliphatic heterocycles. The fraction of sp³-hybridized carbons (Fsp3) is 0.500. The number of carbonyl (C=O) groups excluding carboxylic acids is 2. The number of rotatable bonds is 5. The molecule has 2 aromatic heterocycles. The summed E-state index contributed by atoms with van der Waals surface area (Å²) in [5.41, 5.74) is 0.690. The number of nitrogens with one attached hydrogen (secondary N) is 1. The Labute approximate surface area is 171 Å². The first kappa shape index (κ1) is 19.5. The van der Waals surface area contributed by atoms with E-state index in [0.29, 0.717) is 23.8 Å². The predicted molar refractivity (Wildman–Crippen MR) is 110 cm³/mol. The molecule has 4 rings (SSSR count). The van der Waals surface area contributed by atoms with Crippen LogP contribution < -0.4 is 10.2 Å². The van der Waals surface area contributed by atoms with Gasteiger partial charge in [0.05, 0.1) is 11.8 Å². The van der Waals surface area contributed by atoms with Crippen molar-refractivity contribution >= 4 is 17.6 Å². The highest BCUT2D eigenvalue weighted by atomic mass is 16.3. The average molecular weight is 396 g/mol. The van der Waals surface area contributed by atoms with E-state index in [-0.39, 0.29) is 11.8 Å². The first-order valence-corrected chi connectivity index (χ1v) is 10.5. The Balaban J connectivity index is 1.41. The van der Waals surface area contributed by atoms with Gasteiger partial charge in [-0.3, -0.25) is 9.59 Å². The molecule has 1 unspecified atom stereocenters. The molecule has 1 atom stereocenters. The molecule has 0 radical (unpaired) electrons. The van der Waals surface area contributed by atoms with Crippen molar-refractivity contribution in [3.8, 4) is 0 Å². The molecule has 0 aromatic carbocycles. The van der Waals surface area contributed by atoms with E-state index < -0.39 is 0 Å². The molecule has 29 heavy (non-hydrogen) atoms. The lowest BCUT2D eigenvalue weighted by Gasteiger charge is -2.35. The van der Waals surface area contributed by atoms with Gasteiger partial charge in [0.1, 0.15) is 5.82 Å². The van der Waals surface area contributed by atoms with Crippen LogP contribution in [0.2, 0.25) is 0 Å². The van der Waals surface area contributed by atoms with Crippen LogP contribution in [0.15, 0.2) is 41.1 Å². The zero-order chi connectivity index (χ0) is 20.1. The van der Waals surface area contributed by atoms with Gasteiger partial charge >= 0.3 is 0 Å². The Morgan fingerprint density at radius 2 is 1.97 bits per heavy atom. The van der Waals surface area contributed by atoms with Crippen molar-refractivity contribution in [2.24, 2.45) is 5.92 Å². The van der Waals surface area contributed by atoms with Crippen LogP contribution in [0.1, 0.15) is 53.0 Å². The second-order valence-electron chi connectivity index (χ2n) is 7.87. The van der Waals surface area contributed by atoms with Crippen LogP contribution in [0.25, 0.3) is 0 Å². The highest BCUT2D eigenvalue weighted by Crippen LogP contribution is 2.26. The Hall–Kier alpha value is -2.83. The normalized spacial score (nSPS) is 19.8. The molecule has 4 heterocycles. The van der Waals surface area contributed by atoms with Crippen LogP contribution in [0.5, 0.6) is 0 Å². The third-order valence-corrected chi connectivity index (χ3v) is 5.78. The first-order chi connectivity index (χ1) is 14.2. The zero-order valence-corrected chi connectivity index (χ0v) is 16.7. The average Bonchev–Trinajstić information content (AvgIpc) is 3.33. The van der Waals surface area contributed by atoms with Crippen molar-refractivity contribution < 1.29 is 14.0 Å². The van der Waals surface area contributed by atoms with E-state index in [1.165, 1.54) is 12.7 Å². The number of nitrogens with zero attached hydrogens (tertiary/aromatic N) is 3. The van der Waals surface area contributed by atoms with Gasteiger partial charge in [-0.2, -0.15) is 0 Å². The summed E-state index contributed by atoms with van der Waals surface area (Å²) in [6.07, 6.45) is 8.64. The fourth-order valence-electron chi connectivity index (χ4n) is 4.24. The summed E-state index contributed by atoms with van der Waals surface area (Å²) < 4.78 is 5.15. The second kappa shape index (κ2) is 9.11. The number of hydrogen-bond donors (Lipinski definition) is 1. The van der Waals surface area contributed by atoms with Crippen molar-refractivity contribution in [3.05, 3.63) is 48.0 Å². The van der Waals surface area contributed by atoms with Crippen molar-refractivity contribution in [1.29, 1.82) is 0 Å². The maximum Gasteiger partial charge on any atom is 0.286 e. The highest BCUT2D eigenvalue weighted by Gasteiger charge is 2.27. The minimum Gasteiger partial charge on any atom is -0.459 e. The largest absolute Gasteiger partial charge is 0.459 e. The summed E-state index contributed by atoms with van der Waals surface area (Å²) in [4.78, 5) is 33.9. The quantitative estimate of drug-likeness (QED) is 0.841. The monoisotopic (exact) mass is 396 g/mol. The number of amides is 2. The smallest absolute Gasteiger partial charge is 0.286 e. The van der Waals surface area contributed by atoms with E-state index in [4.69, 9.17) is 4.42 Å². The standard InChI is InChI=1S/C22H28N4O3/c27-21(19-9-6-14-29-19)24-15-17-7-5-13-26(16-17)20-18(8-4-10-23-20)22(28)25-11-2-1-3-12-25/h4,6,8-10,14,17H,1-3,5,7,11-13,15-16H2,(H,24,27).